The van der Waals surface area contributed by atoms with E-state index in [1.165, 1.54) is 17.7 Å². The van der Waals surface area contributed by atoms with Gasteiger partial charge in [-0.25, -0.2) is 4.39 Å². The highest BCUT2D eigenvalue weighted by atomic mass is 19.4. The Balaban J connectivity index is 1.57. The summed E-state index contributed by atoms with van der Waals surface area (Å²) in [5.41, 5.74) is 1.12. The average Bonchev–Trinajstić information content (AvgIpc) is 2.83. The zero-order chi connectivity index (χ0) is 26.8. The molecule has 3 aromatic carbocycles. The van der Waals surface area contributed by atoms with Crippen molar-refractivity contribution in [2.45, 2.75) is 50.4 Å². The van der Waals surface area contributed by atoms with Gasteiger partial charge in [0.25, 0.3) is 0 Å². The van der Waals surface area contributed by atoms with E-state index < -0.39 is 42.9 Å². The Morgan fingerprint density at radius 1 is 0.919 bits per heavy atom. The van der Waals surface area contributed by atoms with Crippen LogP contribution in [-0.2, 0) is 25.6 Å². The fraction of sp³-hybridized carbons (Fsp3) is 0.333. The summed E-state index contributed by atoms with van der Waals surface area (Å²) < 4.78 is 98.7. The van der Waals surface area contributed by atoms with Crippen molar-refractivity contribution in [3.8, 4) is 5.75 Å². The molecule has 0 radical (unpaired) electrons. The smallest absolute Gasteiger partial charge is 0.416 e. The van der Waals surface area contributed by atoms with Crippen LogP contribution in [0.1, 0.15) is 28.7 Å². The van der Waals surface area contributed by atoms with Crippen molar-refractivity contribution in [3.63, 3.8) is 0 Å². The lowest BCUT2D eigenvalue weighted by Gasteiger charge is -2.30. The van der Waals surface area contributed by atoms with Crippen LogP contribution in [0.25, 0.3) is 0 Å². The van der Waals surface area contributed by atoms with E-state index in [4.69, 9.17) is 4.74 Å². The summed E-state index contributed by atoms with van der Waals surface area (Å²) in [4.78, 5) is 1.06. The summed E-state index contributed by atoms with van der Waals surface area (Å²) in [5, 5.41) is 9.70. The van der Waals surface area contributed by atoms with Crippen LogP contribution < -0.4 is 9.64 Å². The molecule has 2 unspecified atom stereocenters. The van der Waals surface area contributed by atoms with E-state index in [1.54, 1.807) is 12.1 Å². The second-order valence-electron chi connectivity index (χ2n) is 8.99. The number of alkyl halides is 6. The number of hydrogen-bond acceptors (Lipinski definition) is 3. The van der Waals surface area contributed by atoms with Gasteiger partial charge in [-0.3, -0.25) is 0 Å². The van der Waals surface area contributed by atoms with Gasteiger partial charge >= 0.3 is 12.4 Å². The molecule has 10 heteroatoms. The van der Waals surface area contributed by atoms with Crippen molar-refractivity contribution in [1.82, 2.24) is 0 Å². The average molecular weight is 527 g/mol. The Morgan fingerprint density at radius 2 is 1.65 bits per heavy atom. The lowest BCUT2D eigenvalue weighted by molar-refractivity contribution is -0.200. The van der Waals surface area contributed by atoms with E-state index in [0.29, 0.717) is 24.3 Å². The maximum Gasteiger partial charge on any atom is 0.416 e. The first kappa shape index (κ1) is 26.8. The van der Waals surface area contributed by atoms with Crippen molar-refractivity contribution in [2.75, 3.05) is 11.4 Å². The molecule has 1 aliphatic carbocycles. The van der Waals surface area contributed by atoms with Gasteiger partial charge in [-0.2, -0.15) is 26.3 Å². The molecular formula is C27H24F7NO2. The number of hydrogen-bond donors (Lipinski definition) is 1. The number of ether oxygens (including phenoxy) is 1. The summed E-state index contributed by atoms with van der Waals surface area (Å²) in [7, 11) is 0. The molecule has 3 nitrogen and oxygen atoms in total. The van der Waals surface area contributed by atoms with Crippen LogP contribution in [0.2, 0.25) is 0 Å². The molecule has 1 N–H and O–H groups in total. The zero-order valence-electron chi connectivity index (χ0n) is 19.5. The minimum Gasteiger partial charge on any atom is -0.490 e. The maximum absolute atomic E-state index is 14.5. The number of aliphatic hydroxyl groups is 1. The number of halogens is 7. The standard InChI is InChI=1S/C27H24F7NO2/c28-24-13-20(26(29,30)31)10-8-19(24)15-35(16-25(36)27(32,33)34)21-6-3-7-22(14-21)37-23-11-9-17-4-1-2-5-18(17)12-23/h1-8,10,13-14,23,25,36H,9,11-12,15-16H2. The first-order valence-corrected chi connectivity index (χ1v) is 11.6. The van der Waals surface area contributed by atoms with Crippen molar-refractivity contribution in [3.05, 3.63) is 94.8 Å². The second kappa shape index (κ2) is 10.6. The number of aliphatic hydroxyl groups excluding tert-OH is 1. The number of nitrogens with zero attached hydrogens (tertiary/aromatic N) is 1. The molecule has 0 spiro atoms. The molecule has 0 aromatic heterocycles. The van der Waals surface area contributed by atoms with Crippen LogP contribution in [0.3, 0.4) is 0 Å². The Kier molecular flexibility index (Phi) is 7.68. The third kappa shape index (κ3) is 6.74. The fourth-order valence-corrected chi connectivity index (χ4v) is 4.34. The molecular weight excluding hydrogens is 503 g/mol. The molecule has 0 aliphatic heterocycles. The molecule has 0 bridgehead atoms. The summed E-state index contributed by atoms with van der Waals surface area (Å²) in [6, 6.07) is 15.9. The van der Waals surface area contributed by atoms with Gasteiger partial charge < -0.3 is 14.7 Å². The Bertz CT molecular complexity index is 1230. The normalized spacial score (nSPS) is 16.7. The van der Waals surface area contributed by atoms with E-state index in [1.807, 2.05) is 18.2 Å². The van der Waals surface area contributed by atoms with Crippen LogP contribution in [0, 0.1) is 5.82 Å². The quantitative estimate of drug-likeness (QED) is 0.347. The minimum absolute atomic E-state index is 0.160. The van der Waals surface area contributed by atoms with E-state index in [2.05, 4.69) is 6.07 Å². The molecule has 0 amide bonds. The molecule has 198 valence electrons. The third-order valence-corrected chi connectivity index (χ3v) is 6.30. The van der Waals surface area contributed by atoms with E-state index in [0.717, 1.165) is 29.4 Å². The van der Waals surface area contributed by atoms with Crippen molar-refractivity contribution < 1.29 is 40.6 Å². The molecule has 0 heterocycles. The number of fused-ring (bicyclic) bond motifs is 1. The lowest BCUT2D eigenvalue weighted by Crippen LogP contribution is -2.41. The predicted octanol–water partition coefficient (Wildman–Crippen LogP) is 6.71. The summed E-state index contributed by atoms with van der Waals surface area (Å²) in [5.74, 6) is -0.837. The van der Waals surface area contributed by atoms with E-state index >= 15 is 0 Å². The van der Waals surface area contributed by atoms with Crippen LogP contribution in [-0.4, -0.2) is 30.0 Å². The Morgan fingerprint density at radius 3 is 2.32 bits per heavy atom. The highest BCUT2D eigenvalue weighted by Gasteiger charge is 2.39. The first-order chi connectivity index (χ1) is 17.4. The molecule has 0 saturated carbocycles. The van der Waals surface area contributed by atoms with Gasteiger partial charge in [-0.05, 0) is 48.2 Å². The SMILES string of the molecule is OC(CN(Cc1ccc(C(F)(F)F)cc1F)c1cccc(OC2CCc3ccccc3C2)c1)C(F)(F)F. The third-order valence-electron chi connectivity index (χ3n) is 6.30. The Labute approximate surface area is 209 Å². The first-order valence-electron chi connectivity index (χ1n) is 11.6. The van der Waals surface area contributed by atoms with Crippen molar-refractivity contribution in [2.24, 2.45) is 0 Å². The highest BCUT2D eigenvalue weighted by molar-refractivity contribution is 5.52. The van der Waals surface area contributed by atoms with Crippen LogP contribution in [0.15, 0.2) is 66.7 Å². The van der Waals surface area contributed by atoms with Crippen LogP contribution >= 0.6 is 0 Å². The van der Waals surface area contributed by atoms with Gasteiger partial charge in [-0.15, -0.1) is 0 Å². The van der Waals surface area contributed by atoms with Crippen LogP contribution in [0.4, 0.5) is 36.4 Å². The summed E-state index contributed by atoms with van der Waals surface area (Å²) in [6.45, 7) is -1.46. The van der Waals surface area contributed by atoms with Gasteiger partial charge in [0.05, 0.1) is 12.1 Å². The topological polar surface area (TPSA) is 32.7 Å². The monoisotopic (exact) mass is 527 g/mol. The molecule has 4 rings (SSSR count). The minimum atomic E-state index is -4.94. The van der Waals surface area contributed by atoms with Gasteiger partial charge in [0.2, 0.25) is 0 Å². The number of rotatable bonds is 7. The van der Waals surface area contributed by atoms with Gasteiger partial charge in [0.15, 0.2) is 6.10 Å². The summed E-state index contributed by atoms with van der Waals surface area (Å²) >= 11 is 0. The number of anilines is 1. The molecule has 3 aromatic rings. The molecule has 2 atom stereocenters. The summed E-state index contributed by atoms with van der Waals surface area (Å²) in [6.07, 6.45) is -10.4. The predicted molar refractivity (Wildman–Crippen MR) is 124 cm³/mol. The zero-order valence-corrected chi connectivity index (χ0v) is 19.5. The molecule has 0 fully saturated rings. The largest absolute Gasteiger partial charge is 0.490 e. The van der Waals surface area contributed by atoms with E-state index in [-0.39, 0.29) is 17.4 Å². The van der Waals surface area contributed by atoms with E-state index in [9.17, 15) is 35.8 Å². The van der Waals surface area contributed by atoms with Gasteiger partial charge in [0, 0.05) is 30.3 Å². The number of benzene rings is 3. The Hall–Kier alpha value is -3.27. The van der Waals surface area contributed by atoms with Crippen molar-refractivity contribution in [1.29, 1.82) is 0 Å². The maximum atomic E-state index is 14.5. The lowest BCUT2D eigenvalue weighted by atomic mass is 9.90. The van der Waals surface area contributed by atoms with Gasteiger partial charge in [-0.1, -0.05) is 36.4 Å². The van der Waals surface area contributed by atoms with Crippen molar-refractivity contribution >= 4 is 5.69 Å². The van der Waals surface area contributed by atoms with Gasteiger partial charge in [0.1, 0.15) is 17.7 Å². The molecule has 0 saturated heterocycles. The van der Waals surface area contributed by atoms with Crippen LogP contribution in [0.5, 0.6) is 5.75 Å². The molecule has 37 heavy (non-hydrogen) atoms. The highest BCUT2D eigenvalue weighted by Crippen LogP contribution is 2.32. The number of aryl methyl sites for hydroxylation is 1. The fourth-order valence-electron chi connectivity index (χ4n) is 4.34. The molecule has 1 aliphatic rings. The second-order valence-corrected chi connectivity index (χ2v) is 8.99.